The number of quaternary nitrogens is 1. The van der Waals surface area contributed by atoms with Gasteiger partial charge in [0.25, 0.3) is 0 Å². The molecule has 0 bridgehead atoms. The summed E-state index contributed by atoms with van der Waals surface area (Å²) >= 11 is 0. The van der Waals surface area contributed by atoms with Crippen molar-refractivity contribution < 1.29 is 43.3 Å². The minimum absolute atomic E-state index is 0.0241. The van der Waals surface area contributed by atoms with E-state index < -0.39 is 35.4 Å². The first-order valence-corrected chi connectivity index (χ1v) is 17.7. The second-order valence-corrected chi connectivity index (χ2v) is 15.2. The molecule has 12 heteroatoms. The summed E-state index contributed by atoms with van der Waals surface area (Å²) in [5.74, 6) is -0.593. The fraction of sp³-hybridized carbons (Fsp3) is 0.750. The fourth-order valence-electron chi connectivity index (χ4n) is 7.26. The Balaban J connectivity index is 1.63. The first-order valence-electron chi connectivity index (χ1n) is 17.7. The van der Waals surface area contributed by atoms with Gasteiger partial charge in [-0.25, -0.2) is 14.5 Å². The maximum atomic E-state index is 13.8. The van der Waals surface area contributed by atoms with Gasteiger partial charge in [0.05, 0.1) is 31.2 Å². The lowest BCUT2D eigenvalue weighted by molar-refractivity contribution is -0.757. The van der Waals surface area contributed by atoms with E-state index in [1.807, 2.05) is 64.6 Å². The summed E-state index contributed by atoms with van der Waals surface area (Å²) in [6, 6.07) is 5.44. The van der Waals surface area contributed by atoms with Gasteiger partial charge in [0.15, 0.2) is 11.4 Å². The number of nitrogens with one attached hydrogen (secondary N) is 2. The summed E-state index contributed by atoms with van der Waals surface area (Å²) in [5.41, 5.74) is -0.272. The van der Waals surface area contributed by atoms with Crippen LogP contribution in [0.3, 0.4) is 0 Å². The van der Waals surface area contributed by atoms with Gasteiger partial charge in [0.2, 0.25) is 11.5 Å². The van der Waals surface area contributed by atoms with E-state index in [0.717, 1.165) is 24.9 Å². The summed E-state index contributed by atoms with van der Waals surface area (Å²) in [7, 11) is 1.64. The molecule has 4 rings (SSSR count). The molecule has 6 atom stereocenters. The number of likely N-dealkylation sites (tertiary alicyclic amines) is 1. The molecule has 6 unspecified atom stereocenters. The number of piperidine rings is 1. The second-order valence-electron chi connectivity index (χ2n) is 15.2. The van der Waals surface area contributed by atoms with Gasteiger partial charge in [-0.05, 0) is 93.2 Å². The number of hydrogen-bond acceptors (Lipinski definition) is 9. The molecule has 1 saturated carbocycles. The third-order valence-corrected chi connectivity index (χ3v) is 9.48. The lowest BCUT2D eigenvalue weighted by atomic mass is 9.86. The largest absolute Gasteiger partial charge is 0.467 e. The fourth-order valence-corrected chi connectivity index (χ4v) is 7.26. The van der Waals surface area contributed by atoms with E-state index >= 15 is 0 Å². The molecular formula is C36H59N4O8+. The maximum Gasteiger partial charge on any atom is 0.410 e. The number of aliphatic hydroxyl groups excluding tert-OH is 1. The molecule has 1 aliphatic carbocycles. The Kier molecular flexibility index (Phi) is 12.4. The van der Waals surface area contributed by atoms with E-state index in [-0.39, 0.29) is 43.1 Å². The highest BCUT2D eigenvalue weighted by Gasteiger charge is 2.47. The minimum Gasteiger partial charge on any atom is -0.467 e. The molecule has 0 radical (unpaired) electrons. The summed E-state index contributed by atoms with van der Waals surface area (Å²) in [6.45, 7) is 17.0. The molecule has 2 heterocycles. The number of hydrogen-bond donors (Lipinski definition) is 3. The molecule has 2 fully saturated rings. The van der Waals surface area contributed by atoms with Gasteiger partial charge in [-0.2, -0.15) is 0 Å². The van der Waals surface area contributed by atoms with Gasteiger partial charge in [-0.15, -0.1) is 0 Å². The van der Waals surface area contributed by atoms with Crippen LogP contribution in [0.2, 0.25) is 0 Å². The van der Waals surface area contributed by atoms with Crippen molar-refractivity contribution >= 4 is 29.3 Å². The number of carbonyl (C=O) groups is 3. The average molecular weight is 676 g/mol. The average Bonchev–Trinajstić information content (AvgIpc) is 3.44. The zero-order valence-corrected chi connectivity index (χ0v) is 30.5. The van der Waals surface area contributed by atoms with Gasteiger partial charge in [-0.1, -0.05) is 0 Å². The van der Waals surface area contributed by atoms with Crippen molar-refractivity contribution in [1.82, 2.24) is 10.2 Å². The van der Waals surface area contributed by atoms with Crippen LogP contribution in [0, 0.1) is 11.8 Å². The highest BCUT2D eigenvalue weighted by Crippen LogP contribution is 2.37. The van der Waals surface area contributed by atoms with Crippen molar-refractivity contribution in [2.45, 2.75) is 123 Å². The molecular weight excluding hydrogens is 616 g/mol. The molecule has 12 nitrogen and oxygen atoms in total. The van der Waals surface area contributed by atoms with Crippen LogP contribution in [-0.4, -0.2) is 103 Å². The van der Waals surface area contributed by atoms with E-state index in [2.05, 4.69) is 5.32 Å². The molecule has 3 N–H and O–H groups in total. The predicted octanol–water partition coefficient (Wildman–Crippen LogP) is 3.42. The molecule has 1 aromatic carbocycles. The number of amides is 3. The molecule has 48 heavy (non-hydrogen) atoms. The van der Waals surface area contributed by atoms with E-state index in [9.17, 15) is 19.5 Å². The summed E-state index contributed by atoms with van der Waals surface area (Å²) < 4.78 is 23.0. The summed E-state index contributed by atoms with van der Waals surface area (Å²) in [6.07, 6.45) is 2.22. The van der Waals surface area contributed by atoms with Gasteiger partial charge in [-0.3, -0.25) is 4.79 Å². The van der Waals surface area contributed by atoms with Gasteiger partial charge >= 0.3 is 12.0 Å². The zero-order valence-electron chi connectivity index (χ0n) is 30.5. The molecule has 0 spiro atoms. The van der Waals surface area contributed by atoms with Crippen LogP contribution in [0.5, 0.6) is 5.75 Å². The number of fused-ring (bicyclic) bond motifs is 1. The van der Waals surface area contributed by atoms with Gasteiger partial charge in [0.1, 0.15) is 11.8 Å². The molecule has 3 amide bonds. The molecule has 1 aromatic rings. The lowest BCUT2D eigenvalue weighted by Gasteiger charge is -2.44. The van der Waals surface area contributed by atoms with Crippen molar-refractivity contribution in [3.63, 3.8) is 0 Å². The zero-order chi connectivity index (χ0) is 35.4. The van der Waals surface area contributed by atoms with Crippen LogP contribution >= 0.6 is 0 Å². The van der Waals surface area contributed by atoms with Crippen LogP contribution in [-0.2, 0) is 23.8 Å². The second kappa shape index (κ2) is 15.7. The van der Waals surface area contributed by atoms with E-state index in [4.69, 9.17) is 18.9 Å². The number of anilines is 1. The lowest BCUT2D eigenvalue weighted by Crippen LogP contribution is -3.13. The smallest absolute Gasteiger partial charge is 0.410 e. The van der Waals surface area contributed by atoms with Crippen molar-refractivity contribution in [1.29, 1.82) is 0 Å². The Labute approximate surface area is 286 Å². The Morgan fingerprint density at radius 2 is 1.94 bits per heavy atom. The number of carbonyl (C=O) groups excluding carboxylic acids is 3. The minimum atomic E-state index is -1.04. The number of methoxy groups -OCH3 is 1. The first-order chi connectivity index (χ1) is 22.6. The monoisotopic (exact) mass is 675 g/mol. The van der Waals surface area contributed by atoms with Crippen LogP contribution in [0.1, 0.15) is 87.5 Å². The van der Waals surface area contributed by atoms with E-state index in [0.29, 0.717) is 48.9 Å². The third-order valence-electron chi connectivity index (χ3n) is 9.48. The topological polar surface area (TPSA) is 131 Å². The number of nitrogens with zero attached hydrogens (tertiary/aromatic N) is 2. The van der Waals surface area contributed by atoms with Crippen LogP contribution in [0.25, 0.3) is 0 Å². The van der Waals surface area contributed by atoms with Crippen molar-refractivity contribution in [3.8, 4) is 5.75 Å². The van der Waals surface area contributed by atoms with E-state index in [1.54, 1.807) is 25.9 Å². The van der Waals surface area contributed by atoms with Crippen molar-refractivity contribution in [2.24, 2.45) is 11.8 Å². The molecule has 1 saturated heterocycles. The third kappa shape index (κ3) is 8.99. The van der Waals surface area contributed by atoms with E-state index in [1.165, 1.54) is 0 Å². The van der Waals surface area contributed by atoms with Crippen LogP contribution in [0.15, 0.2) is 18.2 Å². The molecule has 270 valence electrons. The van der Waals surface area contributed by atoms with Gasteiger partial charge in [0, 0.05) is 56.9 Å². The number of ether oxygens (including phenoxy) is 4. The quantitative estimate of drug-likeness (QED) is 0.225. The van der Waals surface area contributed by atoms with Crippen LogP contribution in [0.4, 0.5) is 16.2 Å². The number of benzene rings is 1. The number of aliphatic hydroxyl groups is 1. The summed E-state index contributed by atoms with van der Waals surface area (Å²) in [4.78, 5) is 44.8. The molecule has 3 aliphatic rings. The maximum absolute atomic E-state index is 13.8. The normalized spacial score (nSPS) is 26.1. The Bertz CT molecular complexity index is 1280. The Hall–Kier alpha value is -2.93. The van der Waals surface area contributed by atoms with Crippen molar-refractivity contribution in [3.05, 3.63) is 18.2 Å². The predicted molar refractivity (Wildman–Crippen MR) is 182 cm³/mol. The summed E-state index contributed by atoms with van der Waals surface area (Å²) in [5, 5.41) is 15.3. The SMILES string of the molecule is CCOC1CCCC1NC(=O)C1CC(C(O)N(c2ccc3c(c2)[NH+](CCCOC)C(=O)C(C)(C)O3)C(C)C)CN(C(=O)OC(C)(C)C)C1. The molecule has 2 aliphatic heterocycles. The number of rotatable bonds is 12. The standard InChI is InChI=1S/C36H58N4O8/c1-10-46-29-14-11-13-27(29)37-31(41)24-19-25(22-38(21-24)34(44)48-35(4,5)6)32(42)40(23(2)3)26-15-16-30-28(20-26)39(17-12-18-45-9)33(43)36(7,8)47-30/h15-16,20,23-25,27,29,32,42H,10-14,17-19,21-22H2,1-9H3,(H,37,41)/p+1. The Morgan fingerprint density at radius 1 is 1.21 bits per heavy atom. The first kappa shape index (κ1) is 37.9. The van der Waals surface area contributed by atoms with Crippen LogP contribution < -0.4 is 19.9 Å². The van der Waals surface area contributed by atoms with Crippen molar-refractivity contribution in [2.75, 3.05) is 44.9 Å². The molecule has 0 aromatic heterocycles. The Morgan fingerprint density at radius 3 is 2.58 bits per heavy atom. The highest BCUT2D eigenvalue weighted by molar-refractivity contribution is 5.82. The highest BCUT2D eigenvalue weighted by atomic mass is 16.6. The van der Waals surface area contributed by atoms with Gasteiger partial charge < -0.3 is 39.2 Å².